The van der Waals surface area contributed by atoms with E-state index < -0.39 is 0 Å². The summed E-state index contributed by atoms with van der Waals surface area (Å²) in [7, 11) is 0. The highest BCUT2D eigenvalue weighted by Crippen LogP contribution is 2.36. The predicted molar refractivity (Wildman–Crippen MR) is 63.4 cm³/mol. The van der Waals surface area contributed by atoms with Gasteiger partial charge in [-0.3, -0.25) is 0 Å². The normalized spacial score (nSPS) is 10.5. The zero-order chi connectivity index (χ0) is 10.7. The maximum absolute atomic E-state index is 6.11. The minimum absolute atomic E-state index is 0.474. The predicted octanol–water partition coefficient (Wildman–Crippen LogP) is 2.80. The quantitative estimate of drug-likeness (QED) is 0.919. The molecule has 0 saturated carbocycles. The van der Waals surface area contributed by atoms with Crippen molar-refractivity contribution in [2.24, 2.45) is 5.73 Å². The van der Waals surface area contributed by atoms with Gasteiger partial charge >= 0.3 is 0 Å². The van der Waals surface area contributed by atoms with Gasteiger partial charge in [0.1, 0.15) is 5.51 Å². The highest BCUT2D eigenvalue weighted by molar-refractivity contribution is 8.01. The van der Waals surface area contributed by atoms with Crippen molar-refractivity contribution in [3.63, 3.8) is 0 Å². The monoisotopic (exact) mass is 257 g/mol. The van der Waals surface area contributed by atoms with Crippen molar-refractivity contribution in [3.05, 3.63) is 34.3 Å². The van der Waals surface area contributed by atoms with Gasteiger partial charge in [0.05, 0.1) is 5.02 Å². The smallest absolute Gasteiger partial charge is 0.178 e. The number of hydrogen-bond donors (Lipinski definition) is 1. The molecule has 1 aromatic carbocycles. The third kappa shape index (κ3) is 2.49. The van der Waals surface area contributed by atoms with Crippen LogP contribution in [-0.4, -0.2) is 10.2 Å². The van der Waals surface area contributed by atoms with Gasteiger partial charge in [0.25, 0.3) is 0 Å². The van der Waals surface area contributed by atoms with E-state index in [1.54, 1.807) is 5.51 Å². The second-order valence-corrected chi connectivity index (χ2v) is 5.24. The molecule has 0 fully saturated rings. The Morgan fingerprint density at radius 3 is 3.00 bits per heavy atom. The first-order valence-corrected chi connectivity index (χ1v) is 6.30. The van der Waals surface area contributed by atoms with Gasteiger partial charge in [0.2, 0.25) is 0 Å². The van der Waals surface area contributed by atoms with E-state index >= 15 is 0 Å². The topological polar surface area (TPSA) is 51.8 Å². The number of benzene rings is 1. The van der Waals surface area contributed by atoms with Gasteiger partial charge < -0.3 is 5.73 Å². The number of nitrogens with two attached hydrogens (primary N) is 1. The molecule has 0 aliphatic rings. The van der Waals surface area contributed by atoms with Gasteiger partial charge in [-0.05, 0) is 11.6 Å². The zero-order valence-electron chi connectivity index (χ0n) is 7.68. The summed E-state index contributed by atoms with van der Waals surface area (Å²) in [6.45, 7) is 0.474. The maximum Gasteiger partial charge on any atom is 0.178 e. The maximum atomic E-state index is 6.11. The van der Waals surface area contributed by atoms with Crippen molar-refractivity contribution in [2.75, 3.05) is 0 Å². The van der Waals surface area contributed by atoms with Crippen molar-refractivity contribution in [1.82, 2.24) is 10.2 Å². The van der Waals surface area contributed by atoms with Crippen LogP contribution in [-0.2, 0) is 6.54 Å². The van der Waals surface area contributed by atoms with Crippen LogP contribution in [0.2, 0.25) is 5.02 Å². The highest BCUT2D eigenvalue weighted by Gasteiger charge is 2.09. The van der Waals surface area contributed by atoms with Gasteiger partial charge in [-0.1, -0.05) is 46.8 Å². The van der Waals surface area contributed by atoms with E-state index in [0.717, 1.165) is 14.8 Å². The second-order valence-electron chi connectivity index (χ2n) is 2.74. The Labute approximate surface area is 101 Å². The Hall–Kier alpha value is -0.620. The van der Waals surface area contributed by atoms with Gasteiger partial charge in [0.15, 0.2) is 4.34 Å². The molecule has 0 amide bonds. The fourth-order valence-corrected chi connectivity index (χ4v) is 2.99. The number of aromatic nitrogens is 2. The summed E-state index contributed by atoms with van der Waals surface area (Å²) in [4.78, 5) is 0.971. The molecule has 0 aliphatic heterocycles. The summed E-state index contributed by atoms with van der Waals surface area (Å²) >= 11 is 9.10. The number of halogens is 1. The van der Waals surface area contributed by atoms with Crippen LogP contribution in [0.5, 0.6) is 0 Å². The van der Waals surface area contributed by atoms with E-state index in [9.17, 15) is 0 Å². The minimum atomic E-state index is 0.474. The SMILES string of the molecule is NCc1cccc(Cl)c1Sc1nncs1. The first-order chi connectivity index (χ1) is 7.31. The zero-order valence-corrected chi connectivity index (χ0v) is 10.1. The lowest BCUT2D eigenvalue weighted by molar-refractivity contribution is 1.00. The van der Waals surface area contributed by atoms with Crippen molar-refractivity contribution >= 4 is 34.7 Å². The summed E-state index contributed by atoms with van der Waals surface area (Å²) in [5, 5.41) is 8.44. The lowest BCUT2D eigenvalue weighted by Gasteiger charge is -2.06. The molecule has 0 spiro atoms. The van der Waals surface area contributed by atoms with E-state index in [4.69, 9.17) is 17.3 Å². The summed E-state index contributed by atoms with van der Waals surface area (Å²) in [5.74, 6) is 0. The molecule has 0 atom stereocenters. The fraction of sp³-hybridized carbons (Fsp3) is 0.111. The van der Waals surface area contributed by atoms with Crippen LogP contribution in [0.1, 0.15) is 5.56 Å². The summed E-state index contributed by atoms with van der Waals surface area (Å²) in [6, 6.07) is 5.72. The molecule has 0 saturated heterocycles. The average Bonchev–Trinajstić information content (AvgIpc) is 2.74. The third-order valence-corrected chi connectivity index (χ3v) is 4.19. The van der Waals surface area contributed by atoms with Gasteiger partial charge in [-0.2, -0.15) is 0 Å². The Balaban J connectivity index is 2.34. The Morgan fingerprint density at radius 1 is 1.47 bits per heavy atom. The molecule has 2 N–H and O–H groups in total. The Bertz CT molecular complexity index is 445. The lowest BCUT2D eigenvalue weighted by Crippen LogP contribution is -1.98. The summed E-state index contributed by atoms with van der Waals surface area (Å²) < 4.78 is 0.873. The molecule has 1 aromatic heterocycles. The summed E-state index contributed by atoms with van der Waals surface area (Å²) in [6.07, 6.45) is 0. The molecule has 0 bridgehead atoms. The largest absolute Gasteiger partial charge is 0.326 e. The lowest BCUT2D eigenvalue weighted by atomic mass is 10.2. The van der Waals surface area contributed by atoms with E-state index in [1.165, 1.54) is 23.1 Å². The number of rotatable bonds is 3. The highest BCUT2D eigenvalue weighted by atomic mass is 35.5. The molecule has 0 unspecified atom stereocenters. The Kier molecular flexibility index (Phi) is 3.58. The third-order valence-electron chi connectivity index (χ3n) is 1.80. The molecule has 3 nitrogen and oxygen atoms in total. The van der Waals surface area contributed by atoms with E-state index in [2.05, 4.69) is 10.2 Å². The van der Waals surface area contributed by atoms with E-state index in [0.29, 0.717) is 11.6 Å². The minimum Gasteiger partial charge on any atom is -0.326 e. The van der Waals surface area contributed by atoms with Gasteiger partial charge in [0, 0.05) is 11.4 Å². The number of nitrogens with zero attached hydrogens (tertiary/aromatic N) is 2. The number of hydrogen-bond acceptors (Lipinski definition) is 5. The van der Waals surface area contributed by atoms with E-state index in [-0.39, 0.29) is 0 Å². The summed E-state index contributed by atoms with van der Waals surface area (Å²) in [5.41, 5.74) is 8.37. The van der Waals surface area contributed by atoms with Crippen LogP contribution in [0.15, 0.2) is 32.9 Å². The standard InChI is InChI=1S/C9H8ClN3S2/c10-7-3-1-2-6(4-11)8(7)15-9-13-12-5-14-9/h1-3,5H,4,11H2. The van der Waals surface area contributed by atoms with Gasteiger partial charge in [-0.25, -0.2) is 0 Å². The first kappa shape index (κ1) is 10.9. The second kappa shape index (κ2) is 4.94. The van der Waals surface area contributed by atoms with Crippen LogP contribution in [0.4, 0.5) is 0 Å². The van der Waals surface area contributed by atoms with Gasteiger partial charge in [-0.15, -0.1) is 10.2 Å². The molecule has 78 valence electrons. The molecule has 0 radical (unpaired) electrons. The van der Waals surface area contributed by atoms with E-state index in [1.807, 2.05) is 18.2 Å². The molecule has 1 heterocycles. The molecule has 6 heteroatoms. The van der Waals surface area contributed by atoms with Crippen molar-refractivity contribution in [2.45, 2.75) is 15.8 Å². The Morgan fingerprint density at radius 2 is 2.33 bits per heavy atom. The van der Waals surface area contributed by atoms with Crippen LogP contribution < -0.4 is 5.73 Å². The van der Waals surface area contributed by atoms with Crippen LogP contribution in [0, 0.1) is 0 Å². The average molecular weight is 258 g/mol. The van der Waals surface area contributed by atoms with Crippen LogP contribution in [0.3, 0.4) is 0 Å². The molecular weight excluding hydrogens is 250 g/mol. The molecule has 2 rings (SSSR count). The fourth-order valence-electron chi connectivity index (χ4n) is 1.12. The van der Waals surface area contributed by atoms with Crippen molar-refractivity contribution in [3.8, 4) is 0 Å². The van der Waals surface area contributed by atoms with Crippen LogP contribution in [0.25, 0.3) is 0 Å². The van der Waals surface area contributed by atoms with Crippen molar-refractivity contribution in [1.29, 1.82) is 0 Å². The molecule has 0 aliphatic carbocycles. The van der Waals surface area contributed by atoms with Crippen molar-refractivity contribution < 1.29 is 0 Å². The van der Waals surface area contributed by atoms with Crippen LogP contribution >= 0.6 is 34.7 Å². The molecule has 15 heavy (non-hydrogen) atoms. The first-order valence-electron chi connectivity index (χ1n) is 4.22. The molecular formula is C9H8ClN3S2. The molecule has 2 aromatic rings.